The van der Waals surface area contributed by atoms with Crippen LogP contribution in [0.25, 0.3) is 0 Å². The highest BCUT2D eigenvalue weighted by atomic mass is 16.5. The zero-order valence-corrected chi connectivity index (χ0v) is 11.7. The summed E-state index contributed by atoms with van der Waals surface area (Å²) in [5.74, 6) is 0.823. The zero-order valence-electron chi connectivity index (χ0n) is 11.7. The highest BCUT2D eigenvalue weighted by molar-refractivity contribution is 5.97. The summed E-state index contributed by atoms with van der Waals surface area (Å²) in [6.45, 7) is 3.85. The Morgan fingerprint density at radius 3 is 2.68 bits per heavy atom. The molecule has 1 aromatic carbocycles. The Bertz CT molecular complexity index is 406. The first-order valence-corrected chi connectivity index (χ1v) is 6.31. The second-order valence-electron chi connectivity index (χ2n) is 3.85. The summed E-state index contributed by atoms with van der Waals surface area (Å²) >= 11 is 0. The van der Waals surface area contributed by atoms with E-state index in [9.17, 15) is 4.79 Å². The van der Waals surface area contributed by atoms with E-state index in [-0.39, 0.29) is 5.91 Å². The molecule has 106 valence electrons. The van der Waals surface area contributed by atoms with Gasteiger partial charge in [0.2, 0.25) is 0 Å². The van der Waals surface area contributed by atoms with E-state index in [1.54, 1.807) is 25.3 Å². The van der Waals surface area contributed by atoms with Crippen LogP contribution in [0.15, 0.2) is 18.2 Å². The van der Waals surface area contributed by atoms with Crippen LogP contribution in [0.1, 0.15) is 23.7 Å². The first-order chi connectivity index (χ1) is 9.24. The maximum atomic E-state index is 12.0. The number of carbonyl (C=O) groups is 1. The molecule has 0 aliphatic rings. The smallest absolute Gasteiger partial charge is 0.255 e. The first kappa shape index (κ1) is 15.3. The second kappa shape index (κ2) is 8.37. The molecule has 0 fully saturated rings. The van der Waals surface area contributed by atoms with E-state index < -0.39 is 0 Å². The third-order valence-electron chi connectivity index (χ3n) is 2.60. The van der Waals surface area contributed by atoms with E-state index in [2.05, 4.69) is 5.32 Å². The quantitative estimate of drug-likeness (QED) is 0.730. The average molecular weight is 267 g/mol. The third-order valence-corrected chi connectivity index (χ3v) is 2.60. The van der Waals surface area contributed by atoms with Gasteiger partial charge in [0.1, 0.15) is 0 Å². The van der Waals surface area contributed by atoms with Gasteiger partial charge in [-0.25, -0.2) is 0 Å². The Hall–Kier alpha value is -1.75. The fourth-order valence-corrected chi connectivity index (χ4v) is 1.68. The number of benzene rings is 1. The fourth-order valence-electron chi connectivity index (χ4n) is 1.68. The molecule has 0 aromatic heterocycles. The summed E-state index contributed by atoms with van der Waals surface area (Å²) in [7, 11) is 3.06. The molecule has 1 amide bonds. The van der Waals surface area contributed by atoms with E-state index in [0.717, 1.165) is 6.42 Å². The minimum atomic E-state index is -0.174. The number of hydrogen-bond donors (Lipinski definition) is 1. The molecule has 19 heavy (non-hydrogen) atoms. The number of para-hydroxylation sites is 1. The molecular formula is C14H21NO4. The van der Waals surface area contributed by atoms with Gasteiger partial charge in [-0.2, -0.15) is 0 Å². The molecule has 0 aliphatic carbocycles. The van der Waals surface area contributed by atoms with Crippen LogP contribution >= 0.6 is 0 Å². The molecule has 0 saturated carbocycles. The predicted octanol–water partition coefficient (Wildman–Crippen LogP) is 1.86. The summed E-state index contributed by atoms with van der Waals surface area (Å²) in [6.07, 6.45) is 0.784. The van der Waals surface area contributed by atoms with Gasteiger partial charge < -0.3 is 19.5 Å². The summed E-state index contributed by atoms with van der Waals surface area (Å²) < 4.78 is 15.6. The first-order valence-electron chi connectivity index (χ1n) is 6.31. The van der Waals surface area contributed by atoms with Gasteiger partial charge in [-0.1, -0.05) is 6.07 Å². The molecule has 1 rings (SSSR count). The van der Waals surface area contributed by atoms with Gasteiger partial charge in [-0.3, -0.25) is 4.79 Å². The molecule has 0 aliphatic heterocycles. The normalized spacial score (nSPS) is 10.1. The Morgan fingerprint density at radius 2 is 2.05 bits per heavy atom. The van der Waals surface area contributed by atoms with Crippen molar-refractivity contribution in [2.75, 3.05) is 34.0 Å². The molecule has 5 heteroatoms. The van der Waals surface area contributed by atoms with E-state index >= 15 is 0 Å². The van der Waals surface area contributed by atoms with Crippen molar-refractivity contribution in [3.63, 3.8) is 0 Å². The summed E-state index contributed by atoms with van der Waals surface area (Å²) in [4.78, 5) is 12.0. The lowest BCUT2D eigenvalue weighted by molar-refractivity contribution is 0.0940. The number of amides is 1. The second-order valence-corrected chi connectivity index (χ2v) is 3.85. The Labute approximate surface area is 113 Å². The molecule has 0 heterocycles. The Morgan fingerprint density at radius 1 is 1.26 bits per heavy atom. The average Bonchev–Trinajstić information content (AvgIpc) is 2.45. The van der Waals surface area contributed by atoms with Crippen LogP contribution < -0.4 is 14.8 Å². The number of carbonyl (C=O) groups excluding carboxylic acids is 1. The van der Waals surface area contributed by atoms with Gasteiger partial charge in [0.05, 0.1) is 19.8 Å². The molecule has 0 radical (unpaired) electrons. The highest BCUT2D eigenvalue weighted by Crippen LogP contribution is 2.30. The number of ether oxygens (including phenoxy) is 3. The van der Waals surface area contributed by atoms with Crippen molar-refractivity contribution in [3.8, 4) is 11.5 Å². The zero-order chi connectivity index (χ0) is 14.1. The summed E-state index contributed by atoms with van der Waals surface area (Å²) in [6, 6.07) is 5.22. The highest BCUT2D eigenvalue weighted by Gasteiger charge is 2.15. The van der Waals surface area contributed by atoms with Gasteiger partial charge >= 0.3 is 0 Å². The van der Waals surface area contributed by atoms with Crippen LogP contribution in [0.3, 0.4) is 0 Å². The molecule has 0 spiro atoms. The fraction of sp³-hybridized carbons (Fsp3) is 0.500. The lowest BCUT2D eigenvalue weighted by atomic mass is 10.1. The molecule has 0 bridgehead atoms. The minimum absolute atomic E-state index is 0.174. The Balaban J connectivity index is 2.61. The van der Waals surface area contributed by atoms with Crippen molar-refractivity contribution in [1.82, 2.24) is 5.32 Å². The minimum Gasteiger partial charge on any atom is -0.493 e. The van der Waals surface area contributed by atoms with Gasteiger partial charge in [-0.15, -0.1) is 0 Å². The van der Waals surface area contributed by atoms with E-state index in [4.69, 9.17) is 14.2 Å². The number of rotatable bonds is 8. The Kier molecular flexibility index (Phi) is 6.74. The summed E-state index contributed by atoms with van der Waals surface area (Å²) in [5, 5.41) is 2.83. The van der Waals surface area contributed by atoms with Crippen LogP contribution in [-0.2, 0) is 4.74 Å². The molecule has 5 nitrogen and oxygen atoms in total. The van der Waals surface area contributed by atoms with Crippen molar-refractivity contribution in [1.29, 1.82) is 0 Å². The van der Waals surface area contributed by atoms with Gasteiger partial charge in [-0.05, 0) is 25.5 Å². The maximum absolute atomic E-state index is 12.0. The van der Waals surface area contributed by atoms with Crippen LogP contribution in [0.5, 0.6) is 11.5 Å². The lowest BCUT2D eigenvalue weighted by Gasteiger charge is -2.12. The number of methoxy groups -OCH3 is 2. The molecule has 1 N–H and O–H groups in total. The van der Waals surface area contributed by atoms with Gasteiger partial charge in [0, 0.05) is 19.8 Å². The van der Waals surface area contributed by atoms with Crippen molar-refractivity contribution in [2.24, 2.45) is 0 Å². The molecule has 0 saturated heterocycles. The van der Waals surface area contributed by atoms with E-state index in [1.165, 1.54) is 7.11 Å². The molecular weight excluding hydrogens is 246 g/mol. The number of nitrogens with one attached hydrogen (secondary N) is 1. The molecule has 0 atom stereocenters. The molecule has 0 unspecified atom stereocenters. The van der Waals surface area contributed by atoms with Crippen molar-refractivity contribution in [2.45, 2.75) is 13.3 Å². The van der Waals surface area contributed by atoms with E-state index in [0.29, 0.717) is 36.8 Å². The predicted molar refractivity (Wildman–Crippen MR) is 73.0 cm³/mol. The van der Waals surface area contributed by atoms with Crippen molar-refractivity contribution < 1.29 is 19.0 Å². The third kappa shape index (κ3) is 4.44. The standard InChI is InChI=1S/C14H21NO4/c1-4-19-10-6-9-15-14(16)11-7-5-8-12(17-2)13(11)18-3/h5,7-8H,4,6,9-10H2,1-3H3,(H,15,16). The molecule has 1 aromatic rings. The van der Waals surface area contributed by atoms with Crippen molar-refractivity contribution >= 4 is 5.91 Å². The largest absolute Gasteiger partial charge is 0.493 e. The van der Waals surface area contributed by atoms with Crippen LogP contribution in [0.2, 0.25) is 0 Å². The maximum Gasteiger partial charge on any atom is 0.255 e. The topological polar surface area (TPSA) is 56.8 Å². The van der Waals surface area contributed by atoms with Crippen LogP contribution in [-0.4, -0.2) is 39.9 Å². The van der Waals surface area contributed by atoms with Gasteiger partial charge in [0.15, 0.2) is 11.5 Å². The van der Waals surface area contributed by atoms with Crippen molar-refractivity contribution in [3.05, 3.63) is 23.8 Å². The van der Waals surface area contributed by atoms with E-state index in [1.807, 2.05) is 6.92 Å². The van der Waals surface area contributed by atoms with Crippen LogP contribution in [0.4, 0.5) is 0 Å². The summed E-state index contributed by atoms with van der Waals surface area (Å²) in [5.41, 5.74) is 0.471. The number of hydrogen-bond acceptors (Lipinski definition) is 4. The lowest BCUT2D eigenvalue weighted by Crippen LogP contribution is -2.25. The SMILES string of the molecule is CCOCCCNC(=O)c1cccc(OC)c1OC. The monoisotopic (exact) mass is 267 g/mol. The van der Waals surface area contributed by atoms with Crippen LogP contribution in [0, 0.1) is 0 Å². The van der Waals surface area contributed by atoms with Gasteiger partial charge in [0.25, 0.3) is 5.91 Å².